The number of fused-ring (bicyclic) bond motifs is 1. The number of methoxy groups -OCH3 is 1. The van der Waals surface area contributed by atoms with E-state index in [1.54, 1.807) is 54.1 Å². The molecule has 1 amide bonds. The Kier molecular flexibility index (Phi) is 6.29. The minimum Gasteiger partial charge on any atom is -0.465 e. The molecule has 0 radical (unpaired) electrons. The van der Waals surface area contributed by atoms with Gasteiger partial charge in [-0.15, -0.1) is 0 Å². The van der Waals surface area contributed by atoms with E-state index in [4.69, 9.17) is 21.4 Å². The van der Waals surface area contributed by atoms with Crippen molar-refractivity contribution >= 4 is 44.2 Å². The second kappa shape index (κ2) is 9.32. The minimum absolute atomic E-state index is 0.0539. The maximum absolute atomic E-state index is 13.2. The van der Waals surface area contributed by atoms with Crippen molar-refractivity contribution in [3.63, 3.8) is 0 Å². The molecule has 2 heterocycles. The third-order valence-corrected chi connectivity index (χ3v) is 8.76. The van der Waals surface area contributed by atoms with Gasteiger partial charge in [-0.1, -0.05) is 29.8 Å². The Labute approximate surface area is 219 Å². The van der Waals surface area contributed by atoms with Crippen LogP contribution in [0, 0.1) is 0 Å². The monoisotopic (exact) mass is 537 g/mol. The average molecular weight is 538 g/mol. The smallest absolute Gasteiger partial charge is 0.337 e. The molecule has 8 nitrogen and oxygen atoms in total. The SMILES string of the molecule is COC(=O)c1ccc(-n2nc(-c3ccccc3Cl)c3ccc(C(=O)NC4(C)CCS(=O)(=O)C4)cc32)cc1. The molecule has 0 saturated carbocycles. The van der Waals surface area contributed by atoms with Crippen molar-refractivity contribution in [3.8, 4) is 16.9 Å². The topological polar surface area (TPSA) is 107 Å². The van der Waals surface area contributed by atoms with Crippen LogP contribution in [0.15, 0.2) is 66.7 Å². The molecule has 190 valence electrons. The number of nitrogens with zero attached hydrogens (tertiary/aromatic N) is 2. The van der Waals surface area contributed by atoms with E-state index in [0.717, 1.165) is 10.9 Å². The van der Waals surface area contributed by atoms with Gasteiger partial charge < -0.3 is 10.1 Å². The maximum Gasteiger partial charge on any atom is 0.337 e. The second-order valence-electron chi connectivity index (χ2n) is 9.37. The highest BCUT2D eigenvalue weighted by Gasteiger charge is 2.39. The van der Waals surface area contributed by atoms with E-state index in [-0.39, 0.29) is 17.4 Å². The van der Waals surface area contributed by atoms with Crippen LogP contribution in [0.2, 0.25) is 5.02 Å². The van der Waals surface area contributed by atoms with E-state index < -0.39 is 21.3 Å². The molecule has 3 aromatic carbocycles. The molecule has 1 N–H and O–H groups in total. The van der Waals surface area contributed by atoms with Gasteiger partial charge in [-0.25, -0.2) is 17.9 Å². The van der Waals surface area contributed by atoms with Gasteiger partial charge in [-0.05, 0) is 61.9 Å². The van der Waals surface area contributed by atoms with Crippen molar-refractivity contribution in [1.29, 1.82) is 0 Å². The molecule has 0 aliphatic carbocycles. The Morgan fingerprint density at radius 1 is 1.05 bits per heavy atom. The highest BCUT2D eigenvalue weighted by Crippen LogP contribution is 2.34. The molecule has 1 atom stereocenters. The van der Waals surface area contributed by atoms with Crippen LogP contribution in [0.5, 0.6) is 0 Å². The van der Waals surface area contributed by atoms with Crippen molar-refractivity contribution in [2.24, 2.45) is 0 Å². The summed E-state index contributed by atoms with van der Waals surface area (Å²) in [5, 5.41) is 9.04. The van der Waals surface area contributed by atoms with Crippen molar-refractivity contribution in [1.82, 2.24) is 15.1 Å². The summed E-state index contributed by atoms with van der Waals surface area (Å²) in [6.45, 7) is 1.75. The van der Waals surface area contributed by atoms with Crippen LogP contribution >= 0.6 is 11.6 Å². The first kappa shape index (κ1) is 25.0. The Hall–Kier alpha value is -3.69. The quantitative estimate of drug-likeness (QED) is 0.377. The molecule has 1 unspecified atom stereocenters. The predicted molar refractivity (Wildman–Crippen MR) is 142 cm³/mol. The number of hydrogen-bond acceptors (Lipinski definition) is 6. The van der Waals surface area contributed by atoms with Gasteiger partial charge in [0, 0.05) is 16.5 Å². The number of nitrogens with one attached hydrogen (secondary N) is 1. The number of carbonyl (C=O) groups is 2. The van der Waals surface area contributed by atoms with Crippen LogP contribution in [0.1, 0.15) is 34.1 Å². The van der Waals surface area contributed by atoms with Gasteiger partial charge >= 0.3 is 5.97 Å². The Bertz CT molecular complexity index is 1650. The van der Waals surface area contributed by atoms with E-state index in [1.165, 1.54) is 7.11 Å². The lowest BCUT2D eigenvalue weighted by Crippen LogP contribution is -2.46. The zero-order chi connectivity index (χ0) is 26.4. The molecule has 10 heteroatoms. The molecule has 4 aromatic rings. The molecule has 37 heavy (non-hydrogen) atoms. The predicted octanol–water partition coefficient (Wildman–Crippen LogP) is 4.44. The normalized spacial score (nSPS) is 18.6. The van der Waals surface area contributed by atoms with Crippen molar-refractivity contribution in [2.75, 3.05) is 18.6 Å². The van der Waals surface area contributed by atoms with Gasteiger partial charge in [0.1, 0.15) is 5.69 Å². The summed E-state index contributed by atoms with van der Waals surface area (Å²) in [6, 6.07) is 19.3. The number of benzene rings is 3. The lowest BCUT2D eigenvalue weighted by Gasteiger charge is -2.23. The Morgan fingerprint density at radius 2 is 1.76 bits per heavy atom. The Morgan fingerprint density at radius 3 is 2.41 bits per heavy atom. The van der Waals surface area contributed by atoms with Crippen LogP contribution < -0.4 is 5.32 Å². The van der Waals surface area contributed by atoms with Gasteiger partial charge in [0.2, 0.25) is 0 Å². The van der Waals surface area contributed by atoms with Crippen LogP contribution in [0.3, 0.4) is 0 Å². The van der Waals surface area contributed by atoms with Crippen LogP contribution in [-0.4, -0.2) is 54.2 Å². The third-order valence-electron chi connectivity index (χ3n) is 6.52. The lowest BCUT2D eigenvalue weighted by molar-refractivity contribution is 0.0600. The number of carbonyl (C=O) groups excluding carboxylic acids is 2. The summed E-state index contributed by atoms with van der Waals surface area (Å²) >= 11 is 6.49. The molecule has 0 bridgehead atoms. The van der Waals surface area contributed by atoms with Crippen LogP contribution in [0.25, 0.3) is 27.8 Å². The number of halogens is 1. The number of esters is 1. The minimum atomic E-state index is -3.18. The second-order valence-corrected chi connectivity index (χ2v) is 12.0. The van der Waals surface area contributed by atoms with Gasteiger partial charge in [-0.2, -0.15) is 5.10 Å². The molecule has 1 saturated heterocycles. The molecule has 1 aliphatic heterocycles. The van der Waals surface area contributed by atoms with Crippen LogP contribution in [-0.2, 0) is 14.6 Å². The summed E-state index contributed by atoms with van der Waals surface area (Å²) in [6.07, 6.45) is 0.366. The van der Waals surface area contributed by atoms with Gasteiger partial charge in [0.15, 0.2) is 9.84 Å². The molecule has 1 aliphatic rings. The van der Waals surface area contributed by atoms with Gasteiger partial charge in [0.25, 0.3) is 5.91 Å². The summed E-state index contributed by atoms with van der Waals surface area (Å²) in [5.41, 5.74) is 2.64. The number of amides is 1. The maximum atomic E-state index is 13.2. The lowest BCUT2D eigenvalue weighted by atomic mass is 10.0. The fourth-order valence-corrected chi connectivity index (χ4v) is 6.94. The number of ether oxygens (including phenoxy) is 1. The molecular formula is C27H24ClN3O5S. The molecule has 5 rings (SSSR count). The van der Waals surface area contributed by atoms with Crippen LogP contribution in [0.4, 0.5) is 0 Å². The van der Waals surface area contributed by atoms with E-state index in [1.807, 2.05) is 24.3 Å². The molecule has 1 fully saturated rings. The zero-order valence-corrected chi connectivity index (χ0v) is 21.8. The number of sulfone groups is 1. The molecule has 0 spiro atoms. The standard InChI is InChI=1S/C27H24ClN3O5S/c1-27(13-14-37(34,35)16-27)29-25(32)18-9-12-21-23(15-18)31(19-10-7-17(8-11-19)26(33)36-2)30-24(21)20-5-3-4-6-22(20)28/h3-12,15H,13-14,16H2,1-2H3,(H,29,32). The van der Waals surface area contributed by atoms with Gasteiger partial charge in [0.05, 0.1) is 45.9 Å². The molecule has 1 aromatic heterocycles. The largest absolute Gasteiger partial charge is 0.465 e. The van der Waals surface area contributed by atoms with E-state index in [2.05, 4.69) is 5.32 Å². The van der Waals surface area contributed by atoms with E-state index in [9.17, 15) is 18.0 Å². The van der Waals surface area contributed by atoms with E-state index >= 15 is 0 Å². The first-order valence-electron chi connectivity index (χ1n) is 11.6. The third kappa shape index (κ3) is 4.84. The number of rotatable bonds is 5. The summed E-state index contributed by atoms with van der Waals surface area (Å²) in [7, 11) is -1.86. The van der Waals surface area contributed by atoms with E-state index in [0.29, 0.717) is 39.5 Å². The fourth-order valence-electron chi connectivity index (χ4n) is 4.62. The first-order valence-corrected chi connectivity index (χ1v) is 13.8. The summed E-state index contributed by atoms with van der Waals surface area (Å²) in [5.74, 6) is -0.849. The average Bonchev–Trinajstić information content (AvgIpc) is 3.39. The van der Waals surface area contributed by atoms with Gasteiger partial charge in [-0.3, -0.25) is 4.79 Å². The first-order chi connectivity index (χ1) is 17.6. The fraction of sp³-hybridized carbons (Fsp3) is 0.222. The van der Waals surface area contributed by atoms with Crippen molar-refractivity contribution in [3.05, 3.63) is 82.9 Å². The van der Waals surface area contributed by atoms with Crippen molar-refractivity contribution < 1.29 is 22.7 Å². The van der Waals surface area contributed by atoms with Crippen molar-refractivity contribution in [2.45, 2.75) is 18.9 Å². The Balaban J connectivity index is 1.61. The highest BCUT2D eigenvalue weighted by molar-refractivity contribution is 7.91. The molecular weight excluding hydrogens is 514 g/mol. The number of hydrogen-bond donors (Lipinski definition) is 1. The number of aromatic nitrogens is 2. The zero-order valence-electron chi connectivity index (χ0n) is 20.2. The highest BCUT2D eigenvalue weighted by atomic mass is 35.5. The summed E-state index contributed by atoms with van der Waals surface area (Å²) < 4.78 is 30.5. The summed E-state index contributed by atoms with van der Waals surface area (Å²) in [4.78, 5) is 25.1.